The minimum atomic E-state index is -0.175. The maximum Gasteiger partial charge on any atom is 0.256 e. The van der Waals surface area contributed by atoms with Gasteiger partial charge < -0.3 is 15.0 Å². The second-order valence-electron chi connectivity index (χ2n) is 6.31. The Morgan fingerprint density at radius 2 is 1.80 bits per heavy atom. The summed E-state index contributed by atoms with van der Waals surface area (Å²) in [6.45, 7) is 3.88. The van der Waals surface area contributed by atoms with Crippen molar-refractivity contribution in [1.29, 1.82) is 0 Å². The minimum Gasteiger partial charge on any atom is -0.497 e. The summed E-state index contributed by atoms with van der Waals surface area (Å²) in [6, 6.07) is 5.38. The Bertz CT molecular complexity index is 723. The van der Waals surface area contributed by atoms with Crippen molar-refractivity contribution in [3.05, 3.63) is 41.7 Å². The highest BCUT2D eigenvalue weighted by molar-refractivity contribution is 6.05. The normalized spacial score (nSPS) is 14.7. The number of amides is 1. The second-order valence-corrected chi connectivity index (χ2v) is 6.31. The maximum absolute atomic E-state index is 12.4. The third kappa shape index (κ3) is 4.26. The Kier molecular flexibility index (Phi) is 5.48. The molecule has 0 spiro atoms. The zero-order chi connectivity index (χ0) is 17.6. The summed E-state index contributed by atoms with van der Waals surface area (Å²) in [7, 11) is 1.61. The second kappa shape index (κ2) is 7.96. The first-order valence-corrected chi connectivity index (χ1v) is 8.70. The van der Waals surface area contributed by atoms with Crippen molar-refractivity contribution in [2.45, 2.75) is 32.6 Å². The lowest BCUT2D eigenvalue weighted by molar-refractivity contribution is 0.102. The van der Waals surface area contributed by atoms with Crippen molar-refractivity contribution in [2.75, 3.05) is 30.4 Å². The fourth-order valence-corrected chi connectivity index (χ4v) is 3.04. The number of nitrogens with zero attached hydrogens (tertiary/aromatic N) is 3. The molecule has 132 valence electrons. The van der Waals surface area contributed by atoms with Crippen LogP contribution in [0.5, 0.6) is 5.75 Å². The van der Waals surface area contributed by atoms with Gasteiger partial charge in [-0.3, -0.25) is 4.79 Å². The predicted molar refractivity (Wildman–Crippen MR) is 98.4 cm³/mol. The van der Waals surface area contributed by atoms with Gasteiger partial charge >= 0.3 is 0 Å². The van der Waals surface area contributed by atoms with E-state index < -0.39 is 0 Å². The summed E-state index contributed by atoms with van der Waals surface area (Å²) in [5.74, 6) is 1.30. The molecule has 0 atom stereocenters. The van der Waals surface area contributed by atoms with E-state index in [9.17, 15) is 4.79 Å². The average molecular weight is 340 g/mol. The molecular weight excluding hydrogens is 316 g/mol. The van der Waals surface area contributed by atoms with Crippen LogP contribution in [0.2, 0.25) is 0 Å². The fraction of sp³-hybridized carbons (Fsp3) is 0.421. The summed E-state index contributed by atoms with van der Waals surface area (Å²) in [6.07, 6.45) is 8.24. The number of rotatable bonds is 4. The van der Waals surface area contributed by atoms with Crippen molar-refractivity contribution >= 4 is 17.5 Å². The van der Waals surface area contributed by atoms with Crippen molar-refractivity contribution in [2.24, 2.45) is 0 Å². The summed E-state index contributed by atoms with van der Waals surface area (Å²) in [5, 5.41) is 2.86. The van der Waals surface area contributed by atoms with Gasteiger partial charge in [-0.05, 0) is 43.5 Å². The van der Waals surface area contributed by atoms with E-state index in [2.05, 4.69) is 20.2 Å². The molecule has 25 heavy (non-hydrogen) atoms. The number of anilines is 2. The van der Waals surface area contributed by atoms with Crippen molar-refractivity contribution in [1.82, 2.24) is 9.97 Å². The first-order valence-electron chi connectivity index (χ1n) is 8.70. The van der Waals surface area contributed by atoms with Crippen molar-refractivity contribution < 1.29 is 9.53 Å². The Labute approximate surface area is 148 Å². The highest BCUT2D eigenvalue weighted by Crippen LogP contribution is 2.19. The number of methoxy groups -OCH3 is 1. The average Bonchev–Trinajstić information content (AvgIpc) is 2.91. The molecule has 1 aliphatic heterocycles. The number of hydrogen-bond donors (Lipinski definition) is 1. The zero-order valence-corrected chi connectivity index (χ0v) is 14.8. The maximum atomic E-state index is 12.4. The first kappa shape index (κ1) is 17.2. The van der Waals surface area contributed by atoms with Gasteiger partial charge in [0.05, 0.1) is 25.2 Å². The number of ether oxygens (including phenoxy) is 1. The lowest BCUT2D eigenvalue weighted by Gasteiger charge is -2.20. The van der Waals surface area contributed by atoms with Gasteiger partial charge in [-0.2, -0.15) is 0 Å². The van der Waals surface area contributed by atoms with E-state index in [1.54, 1.807) is 31.6 Å². The van der Waals surface area contributed by atoms with Crippen LogP contribution in [0.4, 0.5) is 11.6 Å². The number of carbonyl (C=O) groups is 1. The predicted octanol–water partition coefficient (Wildman–Crippen LogP) is 3.43. The number of aromatic nitrogens is 2. The molecule has 1 fully saturated rings. The van der Waals surface area contributed by atoms with E-state index in [1.807, 2.05) is 13.0 Å². The van der Waals surface area contributed by atoms with E-state index in [1.165, 1.54) is 25.7 Å². The van der Waals surface area contributed by atoms with E-state index in [0.717, 1.165) is 30.4 Å². The van der Waals surface area contributed by atoms with Crippen molar-refractivity contribution in [3.63, 3.8) is 0 Å². The van der Waals surface area contributed by atoms with E-state index in [4.69, 9.17) is 4.74 Å². The Balaban J connectivity index is 1.67. The van der Waals surface area contributed by atoms with Gasteiger partial charge in [0.25, 0.3) is 5.91 Å². The molecule has 2 heterocycles. The third-order valence-electron chi connectivity index (χ3n) is 4.46. The third-order valence-corrected chi connectivity index (χ3v) is 4.46. The van der Waals surface area contributed by atoms with Gasteiger partial charge in [0.1, 0.15) is 5.75 Å². The quantitative estimate of drug-likeness (QED) is 0.923. The highest BCUT2D eigenvalue weighted by Gasteiger charge is 2.14. The van der Waals surface area contributed by atoms with Crippen LogP contribution in [-0.2, 0) is 0 Å². The molecule has 1 aliphatic rings. The van der Waals surface area contributed by atoms with E-state index in [-0.39, 0.29) is 5.91 Å². The van der Waals surface area contributed by atoms with Crippen molar-refractivity contribution in [3.8, 4) is 5.75 Å². The molecule has 0 aliphatic carbocycles. The molecule has 1 amide bonds. The number of nitrogens with one attached hydrogen (secondary N) is 1. The number of carbonyl (C=O) groups excluding carboxylic acids is 1. The van der Waals surface area contributed by atoms with Crippen LogP contribution in [0.15, 0.2) is 30.6 Å². The molecule has 1 N–H and O–H groups in total. The molecule has 0 saturated carbocycles. The Hall–Kier alpha value is -2.63. The lowest BCUT2D eigenvalue weighted by atomic mass is 10.1. The topological polar surface area (TPSA) is 67.3 Å². The van der Waals surface area contributed by atoms with Crippen LogP contribution in [0.25, 0.3) is 0 Å². The summed E-state index contributed by atoms with van der Waals surface area (Å²) >= 11 is 0. The molecule has 1 saturated heterocycles. The van der Waals surface area contributed by atoms with E-state index in [0.29, 0.717) is 11.3 Å². The van der Waals surface area contributed by atoms with Crippen LogP contribution < -0.4 is 15.0 Å². The number of aryl methyl sites for hydroxylation is 1. The van der Waals surface area contributed by atoms with Gasteiger partial charge in [0.15, 0.2) is 0 Å². The van der Waals surface area contributed by atoms with Crippen LogP contribution in [-0.4, -0.2) is 36.1 Å². The molecule has 6 heteroatoms. The molecule has 6 nitrogen and oxygen atoms in total. The molecule has 0 radical (unpaired) electrons. The minimum absolute atomic E-state index is 0.175. The molecular formula is C19H24N4O2. The van der Waals surface area contributed by atoms with Gasteiger partial charge in [-0.25, -0.2) is 9.97 Å². The molecule has 1 aromatic carbocycles. The molecule has 1 aromatic heterocycles. The molecule has 2 aromatic rings. The largest absolute Gasteiger partial charge is 0.497 e. The Morgan fingerprint density at radius 1 is 1.12 bits per heavy atom. The van der Waals surface area contributed by atoms with Crippen LogP contribution in [0.3, 0.4) is 0 Å². The zero-order valence-electron chi connectivity index (χ0n) is 14.8. The van der Waals surface area contributed by atoms with Gasteiger partial charge in [-0.1, -0.05) is 12.8 Å². The number of hydrogen-bond acceptors (Lipinski definition) is 5. The molecule has 3 rings (SSSR count). The lowest BCUT2D eigenvalue weighted by Crippen LogP contribution is -2.26. The van der Waals surface area contributed by atoms with Gasteiger partial charge in [-0.15, -0.1) is 0 Å². The van der Waals surface area contributed by atoms with E-state index >= 15 is 0 Å². The number of benzene rings is 1. The smallest absolute Gasteiger partial charge is 0.256 e. The molecule has 0 bridgehead atoms. The Morgan fingerprint density at radius 3 is 2.40 bits per heavy atom. The summed E-state index contributed by atoms with van der Waals surface area (Å²) in [5.41, 5.74) is 2.06. The summed E-state index contributed by atoms with van der Waals surface area (Å²) < 4.78 is 5.17. The standard InChI is InChI=1S/C19H24N4O2/c1-14-11-16(25-2)7-8-17(14)18(24)22-15-12-20-19(21-13-15)23-9-5-3-4-6-10-23/h7-8,11-13H,3-6,9-10H2,1-2H3,(H,22,24). The molecule has 0 unspecified atom stereocenters. The van der Waals surface area contributed by atoms with Crippen LogP contribution >= 0.6 is 0 Å². The van der Waals surface area contributed by atoms with Gasteiger partial charge in [0.2, 0.25) is 5.95 Å². The fourth-order valence-electron chi connectivity index (χ4n) is 3.04. The van der Waals surface area contributed by atoms with Gasteiger partial charge in [0, 0.05) is 18.7 Å². The van der Waals surface area contributed by atoms with Crippen LogP contribution in [0.1, 0.15) is 41.6 Å². The monoisotopic (exact) mass is 340 g/mol. The first-order chi connectivity index (χ1) is 12.2. The highest BCUT2D eigenvalue weighted by atomic mass is 16.5. The van der Waals surface area contributed by atoms with Crippen LogP contribution in [0, 0.1) is 6.92 Å². The summed E-state index contributed by atoms with van der Waals surface area (Å²) in [4.78, 5) is 23.5. The SMILES string of the molecule is COc1ccc(C(=O)Nc2cnc(N3CCCCCC3)nc2)c(C)c1.